The topological polar surface area (TPSA) is 54.0 Å². The van der Waals surface area contributed by atoms with Crippen molar-refractivity contribution < 1.29 is 23.7 Å². The number of hydrogen-bond donors (Lipinski definition) is 0. The predicted octanol–water partition coefficient (Wildman–Crippen LogP) is 9.06. The average molecular weight is 559 g/mol. The van der Waals surface area contributed by atoms with Crippen LogP contribution in [0.2, 0.25) is 0 Å². The molecule has 0 spiro atoms. The fourth-order valence-electron chi connectivity index (χ4n) is 4.06. The quantitative estimate of drug-likeness (QED) is 0.136. The first-order valence-corrected chi connectivity index (χ1v) is 14.9. The van der Waals surface area contributed by atoms with Gasteiger partial charge >= 0.3 is 0 Å². The highest BCUT2D eigenvalue weighted by atomic mass is 16.7. The van der Waals surface area contributed by atoms with E-state index in [1.54, 1.807) is 13.0 Å². The van der Waals surface area contributed by atoms with Crippen molar-refractivity contribution in [3.05, 3.63) is 58.2 Å². The smallest absolute Gasteiger partial charge is 0.177 e. The van der Waals surface area contributed by atoms with Crippen molar-refractivity contribution >= 4 is 6.29 Å². The van der Waals surface area contributed by atoms with E-state index in [1.165, 1.54) is 28.7 Å². The number of allylic oxidation sites excluding steroid dienone is 8. The predicted molar refractivity (Wildman–Crippen MR) is 167 cm³/mol. The molecule has 2 heterocycles. The Kier molecular flexibility index (Phi) is 16.9. The van der Waals surface area contributed by atoms with E-state index >= 15 is 0 Å². The van der Waals surface area contributed by atoms with Gasteiger partial charge in [-0.15, -0.1) is 0 Å². The van der Waals surface area contributed by atoms with E-state index in [4.69, 9.17) is 18.9 Å². The van der Waals surface area contributed by atoms with Crippen molar-refractivity contribution in [2.45, 2.75) is 120 Å². The molecule has 0 saturated carbocycles. The van der Waals surface area contributed by atoms with Crippen molar-refractivity contribution in [3.63, 3.8) is 0 Å². The maximum atomic E-state index is 10.3. The molecule has 228 valence electrons. The Morgan fingerprint density at radius 2 is 0.975 bits per heavy atom. The standard InChI is InChI=1S/C25H42O2.C10H16O3/c1-20(2)11-8-12-21(3)13-9-14-22(4)15-10-16-23(5)17-24-26-18-25(6,7)19-27-24;1-8(5-11)4-9-12-6-10(2,3)7-13-9/h11,13,15,17,24H,8-10,12,14,16,18-19H2,1-7H3;4-5,9H,6-7H2,1-3H3/b21-13+,22-15+,23-17+;8-4+. The summed E-state index contributed by atoms with van der Waals surface area (Å²) in [4.78, 5) is 10.3. The molecule has 2 fully saturated rings. The van der Waals surface area contributed by atoms with E-state index in [9.17, 15) is 4.79 Å². The van der Waals surface area contributed by atoms with E-state index in [0.717, 1.165) is 51.6 Å². The van der Waals surface area contributed by atoms with Crippen LogP contribution in [0, 0.1) is 10.8 Å². The molecular weight excluding hydrogens is 500 g/mol. The molecule has 2 aliphatic rings. The summed E-state index contributed by atoms with van der Waals surface area (Å²) in [5, 5.41) is 0. The van der Waals surface area contributed by atoms with E-state index in [2.05, 4.69) is 86.6 Å². The van der Waals surface area contributed by atoms with Crippen molar-refractivity contribution in [2.24, 2.45) is 10.8 Å². The van der Waals surface area contributed by atoms with Crippen LogP contribution in [0.3, 0.4) is 0 Å². The van der Waals surface area contributed by atoms with E-state index in [-0.39, 0.29) is 23.4 Å². The van der Waals surface area contributed by atoms with Crippen LogP contribution < -0.4 is 0 Å². The lowest BCUT2D eigenvalue weighted by atomic mass is 9.95. The summed E-state index contributed by atoms with van der Waals surface area (Å²) in [5.41, 5.74) is 6.62. The van der Waals surface area contributed by atoms with Crippen LogP contribution in [-0.2, 0) is 23.7 Å². The van der Waals surface area contributed by atoms with Crippen molar-refractivity contribution in [1.29, 1.82) is 0 Å². The van der Waals surface area contributed by atoms with Gasteiger partial charge in [0, 0.05) is 10.8 Å². The van der Waals surface area contributed by atoms with Gasteiger partial charge in [-0.05, 0) is 97.8 Å². The summed E-state index contributed by atoms with van der Waals surface area (Å²) in [7, 11) is 0. The monoisotopic (exact) mass is 558 g/mol. The lowest BCUT2D eigenvalue weighted by molar-refractivity contribution is -0.198. The number of carbonyl (C=O) groups excluding carboxylic acids is 1. The molecule has 0 aliphatic carbocycles. The number of aldehydes is 1. The maximum absolute atomic E-state index is 10.3. The van der Waals surface area contributed by atoms with Gasteiger partial charge in [-0.1, -0.05) is 68.2 Å². The molecular formula is C35H58O5. The minimum absolute atomic E-state index is 0.0828. The van der Waals surface area contributed by atoms with Crippen molar-refractivity contribution in [1.82, 2.24) is 0 Å². The van der Waals surface area contributed by atoms with Crippen LogP contribution in [0.5, 0.6) is 0 Å². The molecule has 0 N–H and O–H groups in total. The Hall–Kier alpha value is -1.79. The van der Waals surface area contributed by atoms with Crippen LogP contribution in [0.4, 0.5) is 0 Å². The average Bonchev–Trinajstić information content (AvgIpc) is 2.86. The van der Waals surface area contributed by atoms with Gasteiger partial charge in [0.15, 0.2) is 12.6 Å². The largest absolute Gasteiger partial charge is 0.348 e. The molecule has 0 amide bonds. The number of hydrogen-bond acceptors (Lipinski definition) is 5. The minimum Gasteiger partial charge on any atom is -0.348 e. The third-order valence-electron chi connectivity index (χ3n) is 6.71. The van der Waals surface area contributed by atoms with Gasteiger partial charge in [-0.2, -0.15) is 0 Å². The molecule has 0 aromatic carbocycles. The molecule has 0 radical (unpaired) electrons. The fourth-order valence-corrected chi connectivity index (χ4v) is 4.06. The zero-order valence-corrected chi connectivity index (χ0v) is 27.2. The molecule has 5 nitrogen and oxygen atoms in total. The number of carbonyl (C=O) groups is 1. The SMILES string of the molecule is C/C(C=O)=C\C1OCC(C)(C)CO1.CC(C)=CCC/C(C)=C/CC/C(C)=C/CC/C(C)=C/C1OCC(C)(C)CO1. The summed E-state index contributed by atoms with van der Waals surface area (Å²) in [5.74, 6) is 0. The van der Waals surface area contributed by atoms with E-state index in [1.807, 2.05) is 0 Å². The maximum Gasteiger partial charge on any atom is 0.177 e. The van der Waals surface area contributed by atoms with Crippen molar-refractivity contribution in [3.8, 4) is 0 Å². The van der Waals surface area contributed by atoms with Crippen LogP contribution in [0.15, 0.2) is 58.2 Å². The second-order valence-electron chi connectivity index (χ2n) is 13.3. The van der Waals surface area contributed by atoms with Crippen LogP contribution >= 0.6 is 0 Å². The summed E-state index contributed by atoms with van der Waals surface area (Å²) in [6.07, 6.45) is 18.0. The first-order chi connectivity index (χ1) is 18.7. The molecule has 2 aliphatic heterocycles. The molecule has 0 aromatic heterocycles. The number of ether oxygens (including phenoxy) is 4. The highest BCUT2D eigenvalue weighted by Crippen LogP contribution is 2.25. The van der Waals surface area contributed by atoms with Crippen LogP contribution in [-0.4, -0.2) is 45.3 Å². The second kappa shape index (κ2) is 18.6. The Balaban J connectivity index is 0.000000512. The molecule has 40 heavy (non-hydrogen) atoms. The van der Waals surface area contributed by atoms with Crippen molar-refractivity contribution in [2.75, 3.05) is 26.4 Å². The van der Waals surface area contributed by atoms with Gasteiger partial charge < -0.3 is 18.9 Å². The lowest BCUT2D eigenvalue weighted by Gasteiger charge is -2.33. The zero-order valence-electron chi connectivity index (χ0n) is 27.2. The van der Waals surface area contributed by atoms with Gasteiger partial charge in [-0.3, -0.25) is 4.79 Å². The Morgan fingerprint density at radius 3 is 1.38 bits per heavy atom. The first-order valence-electron chi connectivity index (χ1n) is 14.9. The Morgan fingerprint density at radius 1 is 0.600 bits per heavy atom. The minimum atomic E-state index is -0.349. The molecule has 0 aromatic rings. The third-order valence-corrected chi connectivity index (χ3v) is 6.71. The summed E-state index contributed by atoms with van der Waals surface area (Å²) in [6, 6.07) is 0. The first kappa shape index (κ1) is 36.2. The van der Waals surface area contributed by atoms with E-state index in [0.29, 0.717) is 18.8 Å². The molecule has 0 atom stereocenters. The zero-order chi connectivity index (χ0) is 30.2. The summed E-state index contributed by atoms with van der Waals surface area (Å²) in [6.45, 7) is 24.1. The van der Waals surface area contributed by atoms with E-state index < -0.39 is 0 Å². The van der Waals surface area contributed by atoms with Crippen LogP contribution in [0.25, 0.3) is 0 Å². The summed E-state index contributed by atoms with van der Waals surface area (Å²) >= 11 is 0. The summed E-state index contributed by atoms with van der Waals surface area (Å²) < 4.78 is 22.4. The molecule has 0 unspecified atom stereocenters. The fraction of sp³-hybridized carbons (Fsp3) is 0.686. The van der Waals surface area contributed by atoms with Gasteiger partial charge in [-0.25, -0.2) is 0 Å². The molecule has 2 rings (SSSR count). The third kappa shape index (κ3) is 17.8. The lowest BCUT2D eigenvalue weighted by Crippen LogP contribution is -2.36. The number of rotatable bonds is 12. The van der Waals surface area contributed by atoms with Crippen LogP contribution in [0.1, 0.15) is 108 Å². The molecule has 5 heteroatoms. The highest BCUT2D eigenvalue weighted by molar-refractivity contribution is 5.72. The van der Waals surface area contributed by atoms with Gasteiger partial charge in [0.05, 0.1) is 26.4 Å². The van der Waals surface area contributed by atoms with Gasteiger partial charge in [0.1, 0.15) is 6.29 Å². The Bertz CT molecular complexity index is 892. The normalized spacial score (nSPS) is 20.9. The highest BCUT2D eigenvalue weighted by Gasteiger charge is 2.28. The molecule has 0 bridgehead atoms. The molecule has 2 saturated heterocycles. The second-order valence-corrected chi connectivity index (χ2v) is 13.3. The van der Waals surface area contributed by atoms with Gasteiger partial charge in [0.25, 0.3) is 0 Å². The van der Waals surface area contributed by atoms with Gasteiger partial charge in [0.2, 0.25) is 0 Å². The Labute approximate surface area is 245 Å².